The van der Waals surface area contributed by atoms with Crippen molar-refractivity contribution in [3.63, 3.8) is 0 Å². The number of non-ortho nitro benzene ring substituents is 1. The number of aromatic amines is 1. The molecule has 2 rings (SSSR count). The lowest BCUT2D eigenvalue weighted by atomic mass is 9.83. The fraction of sp³-hybridized carbons (Fsp3) is 0.438. The molecule has 134 valence electrons. The monoisotopic (exact) mass is 348 g/mol. The van der Waals surface area contributed by atoms with Crippen molar-refractivity contribution >= 4 is 11.6 Å². The maximum absolute atomic E-state index is 12.8. The molecule has 1 amide bonds. The third-order valence-corrected chi connectivity index (χ3v) is 4.15. The first-order valence-electron chi connectivity index (χ1n) is 7.69. The van der Waals surface area contributed by atoms with Gasteiger partial charge in [-0.1, -0.05) is 24.2 Å². The van der Waals surface area contributed by atoms with Crippen molar-refractivity contribution in [3.05, 3.63) is 56.3 Å². The minimum atomic E-state index is -0.860. The Morgan fingerprint density at radius 3 is 2.48 bits per heavy atom. The van der Waals surface area contributed by atoms with Crippen LogP contribution in [0.4, 0.5) is 5.69 Å². The number of nitrogens with zero attached hydrogens (tertiary/aromatic N) is 3. The SMILES string of the molecule is CC(CN(C)C(=O)C(C)(C)c1ccc([N+](=O)[O-])cc1)c1noc(=O)[nH]1. The van der Waals surface area contributed by atoms with Crippen LogP contribution in [0.25, 0.3) is 0 Å². The summed E-state index contributed by atoms with van der Waals surface area (Å²) in [7, 11) is 1.66. The van der Waals surface area contributed by atoms with Gasteiger partial charge in [-0.25, -0.2) is 4.79 Å². The highest BCUT2D eigenvalue weighted by atomic mass is 16.6. The van der Waals surface area contributed by atoms with E-state index in [1.54, 1.807) is 37.9 Å². The van der Waals surface area contributed by atoms with E-state index in [4.69, 9.17) is 0 Å². The number of likely N-dealkylation sites (N-methyl/N-ethyl adjacent to an activating group) is 1. The van der Waals surface area contributed by atoms with E-state index in [0.717, 1.165) is 0 Å². The first-order chi connectivity index (χ1) is 11.6. The summed E-state index contributed by atoms with van der Waals surface area (Å²) in [5.41, 5.74) is -0.206. The molecule has 0 fully saturated rings. The van der Waals surface area contributed by atoms with E-state index in [1.807, 2.05) is 6.92 Å². The molecule has 9 heteroatoms. The van der Waals surface area contributed by atoms with Crippen LogP contribution in [0.3, 0.4) is 0 Å². The van der Waals surface area contributed by atoms with Crippen molar-refractivity contribution in [2.45, 2.75) is 32.1 Å². The van der Waals surface area contributed by atoms with Crippen molar-refractivity contribution in [3.8, 4) is 0 Å². The van der Waals surface area contributed by atoms with Crippen molar-refractivity contribution in [1.82, 2.24) is 15.0 Å². The number of hydrogen-bond donors (Lipinski definition) is 1. The van der Waals surface area contributed by atoms with Crippen molar-refractivity contribution in [2.75, 3.05) is 13.6 Å². The molecule has 25 heavy (non-hydrogen) atoms. The van der Waals surface area contributed by atoms with Crippen LogP contribution in [0.5, 0.6) is 0 Å². The highest BCUT2D eigenvalue weighted by Gasteiger charge is 2.33. The zero-order chi connectivity index (χ0) is 18.8. The van der Waals surface area contributed by atoms with Crippen LogP contribution in [0, 0.1) is 10.1 Å². The molecule has 0 spiro atoms. The average molecular weight is 348 g/mol. The van der Waals surface area contributed by atoms with Gasteiger partial charge in [0.1, 0.15) is 0 Å². The number of aromatic nitrogens is 2. The van der Waals surface area contributed by atoms with Gasteiger partial charge >= 0.3 is 5.76 Å². The molecule has 1 aromatic carbocycles. The predicted octanol–water partition coefficient (Wildman–Crippen LogP) is 1.81. The van der Waals surface area contributed by atoms with Crippen molar-refractivity contribution in [1.29, 1.82) is 0 Å². The van der Waals surface area contributed by atoms with Crippen LogP contribution in [0.15, 0.2) is 33.6 Å². The maximum Gasteiger partial charge on any atom is 0.438 e. The van der Waals surface area contributed by atoms with Gasteiger partial charge < -0.3 is 4.90 Å². The first kappa shape index (κ1) is 18.4. The van der Waals surface area contributed by atoms with Crippen LogP contribution in [-0.4, -0.2) is 39.5 Å². The lowest BCUT2D eigenvalue weighted by Gasteiger charge is -2.31. The van der Waals surface area contributed by atoms with E-state index in [9.17, 15) is 19.7 Å². The van der Waals surface area contributed by atoms with E-state index < -0.39 is 16.1 Å². The summed E-state index contributed by atoms with van der Waals surface area (Å²) in [6.07, 6.45) is 0. The molecule has 0 saturated heterocycles. The van der Waals surface area contributed by atoms with Crippen LogP contribution < -0.4 is 5.76 Å². The molecule has 0 aliphatic carbocycles. The molecule has 0 radical (unpaired) electrons. The highest BCUT2D eigenvalue weighted by Crippen LogP contribution is 2.28. The molecule has 1 heterocycles. The van der Waals surface area contributed by atoms with Crippen LogP contribution in [0.2, 0.25) is 0 Å². The third kappa shape index (κ3) is 3.93. The molecular formula is C16H20N4O5. The number of carbonyl (C=O) groups excluding carboxylic acids is 1. The largest absolute Gasteiger partial charge is 0.438 e. The first-order valence-corrected chi connectivity index (χ1v) is 7.69. The van der Waals surface area contributed by atoms with Gasteiger partial charge in [-0.3, -0.25) is 24.4 Å². The standard InChI is InChI=1S/C16H20N4O5/c1-10(13-17-15(22)25-18-13)9-19(4)14(21)16(2,3)11-5-7-12(8-6-11)20(23)24/h5-8,10H,9H2,1-4H3,(H,17,18,22). The van der Waals surface area contributed by atoms with Gasteiger partial charge in [0, 0.05) is 31.6 Å². The van der Waals surface area contributed by atoms with E-state index >= 15 is 0 Å². The molecule has 0 aliphatic rings. The molecule has 1 N–H and O–H groups in total. The van der Waals surface area contributed by atoms with Crippen LogP contribution in [-0.2, 0) is 10.2 Å². The Hall–Kier alpha value is -2.97. The molecule has 0 bridgehead atoms. The molecule has 0 saturated carbocycles. The van der Waals surface area contributed by atoms with E-state index in [0.29, 0.717) is 17.9 Å². The van der Waals surface area contributed by atoms with Crippen LogP contribution in [0.1, 0.15) is 38.1 Å². The Morgan fingerprint density at radius 1 is 1.40 bits per heavy atom. The smallest absolute Gasteiger partial charge is 0.344 e. The fourth-order valence-electron chi connectivity index (χ4n) is 2.63. The molecular weight excluding hydrogens is 328 g/mol. The summed E-state index contributed by atoms with van der Waals surface area (Å²) >= 11 is 0. The second-order valence-corrected chi connectivity index (χ2v) is 6.50. The Bertz CT molecular complexity index is 822. The number of H-pyrrole nitrogens is 1. The summed E-state index contributed by atoms with van der Waals surface area (Å²) in [6, 6.07) is 5.94. The molecule has 1 atom stereocenters. The number of carbonyl (C=O) groups is 1. The second kappa shape index (κ2) is 6.88. The van der Waals surface area contributed by atoms with E-state index in [2.05, 4.69) is 14.7 Å². The molecule has 1 unspecified atom stereocenters. The lowest BCUT2D eigenvalue weighted by Crippen LogP contribution is -2.42. The second-order valence-electron chi connectivity index (χ2n) is 6.50. The molecule has 1 aromatic heterocycles. The number of amides is 1. The van der Waals surface area contributed by atoms with Crippen LogP contribution >= 0.6 is 0 Å². The summed E-state index contributed by atoms with van der Waals surface area (Å²) in [5, 5.41) is 14.4. The van der Waals surface area contributed by atoms with Crippen molar-refractivity contribution < 1.29 is 14.2 Å². The van der Waals surface area contributed by atoms with Gasteiger partial charge in [-0.05, 0) is 19.4 Å². The normalized spacial score (nSPS) is 12.6. The van der Waals surface area contributed by atoms with Crippen molar-refractivity contribution in [2.24, 2.45) is 0 Å². The Balaban J connectivity index is 2.13. The van der Waals surface area contributed by atoms with Gasteiger partial charge in [0.05, 0.1) is 10.3 Å². The van der Waals surface area contributed by atoms with E-state index in [1.165, 1.54) is 12.1 Å². The minimum Gasteiger partial charge on any atom is -0.344 e. The van der Waals surface area contributed by atoms with E-state index in [-0.39, 0.29) is 17.5 Å². The summed E-state index contributed by atoms with van der Waals surface area (Å²) in [6.45, 7) is 5.67. The topological polar surface area (TPSA) is 122 Å². The zero-order valence-corrected chi connectivity index (χ0v) is 14.5. The number of nitrogens with one attached hydrogen (secondary N) is 1. The number of hydrogen-bond acceptors (Lipinski definition) is 6. The number of rotatable bonds is 6. The number of nitro groups is 1. The van der Waals surface area contributed by atoms with Gasteiger partial charge in [-0.15, -0.1) is 0 Å². The molecule has 2 aromatic rings. The average Bonchev–Trinajstić information content (AvgIpc) is 3.00. The fourth-order valence-corrected chi connectivity index (χ4v) is 2.63. The number of nitro benzene ring substituents is 1. The molecule has 9 nitrogen and oxygen atoms in total. The summed E-state index contributed by atoms with van der Waals surface area (Å²) in [4.78, 5) is 38.1. The highest BCUT2D eigenvalue weighted by molar-refractivity contribution is 5.87. The Kier molecular flexibility index (Phi) is 5.05. The lowest BCUT2D eigenvalue weighted by molar-refractivity contribution is -0.384. The van der Waals surface area contributed by atoms with Gasteiger partial charge in [0.25, 0.3) is 5.69 Å². The minimum absolute atomic E-state index is 0.0241. The maximum atomic E-state index is 12.8. The Morgan fingerprint density at radius 2 is 2.00 bits per heavy atom. The third-order valence-electron chi connectivity index (χ3n) is 4.15. The number of benzene rings is 1. The predicted molar refractivity (Wildman–Crippen MR) is 89.3 cm³/mol. The zero-order valence-electron chi connectivity index (χ0n) is 14.5. The quantitative estimate of drug-likeness (QED) is 0.627. The summed E-state index contributed by atoms with van der Waals surface area (Å²) in [5.74, 6) is -0.632. The van der Waals surface area contributed by atoms with Gasteiger partial charge in [0.2, 0.25) is 5.91 Å². The summed E-state index contributed by atoms with van der Waals surface area (Å²) < 4.78 is 4.48. The molecule has 0 aliphatic heterocycles. The van der Waals surface area contributed by atoms with Gasteiger partial charge in [-0.2, -0.15) is 0 Å². The Labute approximate surface area is 143 Å². The van der Waals surface area contributed by atoms with Gasteiger partial charge in [0.15, 0.2) is 5.82 Å².